The molecule has 7 heteroatoms. The minimum absolute atomic E-state index is 0.0740. The molecule has 0 aliphatic rings. The van der Waals surface area contributed by atoms with Gasteiger partial charge in [-0.25, -0.2) is 9.97 Å². The van der Waals surface area contributed by atoms with Gasteiger partial charge < -0.3 is 9.47 Å². The van der Waals surface area contributed by atoms with Gasteiger partial charge in [0, 0.05) is 24.8 Å². The Morgan fingerprint density at radius 3 is 2.68 bits per heavy atom. The third-order valence-electron chi connectivity index (χ3n) is 4.60. The van der Waals surface area contributed by atoms with Crippen LogP contribution < -0.4 is 0 Å². The van der Waals surface area contributed by atoms with Crippen molar-refractivity contribution in [2.75, 3.05) is 6.54 Å². The Hall–Kier alpha value is -2.11. The lowest BCUT2D eigenvalue weighted by Gasteiger charge is -2.23. The third kappa shape index (κ3) is 4.47. The van der Waals surface area contributed by atoms with Gasteiger partial charge in [0.15, 0.2) is 5.65 Å². The number of carbonyl (C=O) groups excluding carboxylic acids is 1. The van der Waals surface area contributed by atoms with Gasteiger partial charge >= 0.3 is 0 Å². The average molecular weight is 419 g/mol. The topological polar surface area (TPSA) is 51.0 Å². The van der Waals surface area contributed by atoms with E-state index in [1.807, 2.05) is 17.0 Å². The maximum Gasteiger partial charge on any atom is 0.254 e. The summed E-state index contributed by atoms with van der Waals surface area (Å²) >= 11 is 12.1. The zero-order valence-electron chi connectivity index (χ0n) is 16.2. The number of imidazole rings is 1. The lowest BCUT2D eigenvalue weighted by Crippen LogP contribution is -2.32. The summed E-state index contributed by atoms with van der Waals surface area (Å²) in [6, 6.07) is 8.83. The number of rotatable bonds is 8. The van der Waals surface area contributed by atoms with Gasteiger partial charge in [0.1, 0.15) is 11.3 Å². The number of carbonyl (C=O) groups is 1. The smallest absolute Gasteiger partial charge is 0.254 e. The molecule has 0 spiro atoms. The summed E-state index contributed by atoms with van der Waals surface area (Å²) in [6.07, 6.45) is 4.65. The minimum Gasteiger partial charge on any atom is -0.331 e. The zero-order valence-corrected chi connectivity index (χ0v) is 17.7. The van der Waals surface area contributed by atoms with Crippen molar-refractivity contribution in [3.63, 3.8) is 0 Å². The number of amides is 1. The summed E-state index contributed by atoms with van der Waals surface area (Å²) in [5.74, 6) is 0.773. The van der Waals surface area contributed by atoms with E-state index >= 15 is 0 Å². The second-order valence-electron chi connectivity index (χ2n) is 6.73. The van der Waals surface area contributed by atoms with Crippen molar-refractivity contribution in [1.29, 1.82) is 0 Å². The van der Waals surface area contributed by atoms with E-state index in [1.54, 1.807) is 24.4 Å². The lowest BCUT2D eigenvalue weighted by atomic mass is 10.2. The van der Waals surface area contributed by atoms with Gasteiger partial charge in [-0.15, -0.1) is 0 Å². The van der Waals surface area contributed by atoms with Gasteiger partial charge in [-0.3, -0.25) is 4.79 Å². The van der Waals surface area contributed by atoms with Gasteiger partial charge in [-0.1, -0.05) is 43.5 Å². The summed E-state index contributed by atoms with van der Waals surface area (Å²) < 4.78 is 2.11. The fourth-order valence-corrected chi connectivity index (χ4v) is 3.47. The number of fused-ring (bicyclic) bond motifs is 1. The van der Waals surface area contributed by atoms with Crippen LogP contribution in [0.15, 0.2) is 36.5 Å². The number of hydrogen-bond donors (Lipinski definition) is 0. The van der Waals surface area contributed by atoms with Gasteiger partial charge in [-0.2, -0.15) is 0 Å². The molecule has 0 N–H and O–H groups in total. The second kappa shape index (κ2) is 9.39. The Morgan fingerprint density at radius 2 is 1.96 bits per heavy atom. The highest BCUT2D eigenvalue weighted by atomic mass is 35.5. The fraction of sp³-hybridized carbons (Fsp3) is 0.381. The van der Waals surface area contributed by atoms with E-state index in [0.717, 1.165) is 42.8 Å². The molecule has 5 nitrogen and oxygen atoms in total. The van der Waals surface area contributed by atoms with E-state index in [4.69, 9.17) is 28.2 Å². The molecule has 0 saturated heterocycles. The van der Waals surface area contributed by atoms with Crippen LogP contribution in [0.4, 0.5) is 0 Å². The highest BCUT2D eigenvalue weighted by molar-refractivity contribution is 6.42. The molecule has 28 heavy (non-hydrogen) atoms. The van der Waals surface area contributed by atoms with Crippen LogP contribution in [0, 0.1) is 0 Å². The summed E-state index contributed by atoms with van der Waals surface area (Å²) in [4.78, 5) is 24.2. The van der Waals surface area contributed by atoms with Crippen molar-refractivity contribution in [3.05, 3.63) is 58.0 Å². The number of benzene rings is 1. The first-order chi connectivity index (χ1) is 13.5. The van der Waals surface area contributed by atoms with Crippen LogP contribution in [-0.4, -0.2) is 31.9 Å². The molecule has 0 saturated carbocycles. The first kappa shape index (κ1) is 20.6. The van der Waals surface area contributed by atoms with E-state index < -0.39 is 0 Å². The third-order valence-corrected chi connectivity index (χ3v) is 5.34. The van der Waals surface area contributed by atoms with Crippen molar-refractivity contribution >= 4 is 40.3 Å². The molecule has 0 radical (unpaired) electrons. The first-order valence-corrected chi connectivity index (χ1v) is 10.3. The van der Waals surface area contributed by atoms with Crippen LogP contribution in [0.5, 0.6) is 0 Å². The molecule has 1 amide bonds. The number of aryl methyl sites for hydroxylation is 1. The SMILES string of the molecule is CCCCN(Cc1nc2cccnc2n1CCC)C(=O)c1ccc(Cl)c(Cl)c1. The molecule has 0 atom stereocenters. The van der Waals surface area contributed by atoms with Crippen molar-refractivity contribution in [2.45, 2.75) is 46.2 Å². The van der Waals surface area contributed by atoms with Crippen LogP contribution in [0.2, 0.25) is 10.0 Å². The molecule has 0 fully saturated rings. The number of halogens is 2. The number of hydrogen-bond acceptors (Lipinski definition) is 3. The summed E-state index contributed by atoms with van der Waals surface area (Å²) in [6.45, 7) is 6.12. The molecular formula is C21H24Cl2N4O. The number of nitrogens with zero attached hydrogens (tertiary/aromatic N) is 4. The van der Waals surface area contributed by atoms with Gasteiger partial charge in [0.05, 0.1) is 16.6 Å². The molecule has 3 aromatic rings. The fourth-order valence-electron chi connectivity index (χ4n) is 3.17. The van der Waals surface area contributed by atoms with Crippen LogP contribution in [0.1, 0.15) is 49.3 Å². The molecule has 0 aliphatic heterocycles. The zero-order chi connectivity index (χ0) is 20.1. The van der Waals surface area contributed by atoms with E-state index in [-0.39, 0.29) is 5.91 Å². The van der Waals surface area contributed by atoms with Crippen LogP contribution in [0.25, 0.3) is 11.2 Å². The second-order valence-corrected chi connectivity index (χ2v) is 7.55. The number of aromatic nitrogens is 3. The maximum absolute atomic E-state index is 13.2. The Labute approximate surface area is 175 Å². The Bertz CT molecular complexity index is 970. The Kier molecular flexibility index (Phi) is 6.92. The summed E-state index contributed by atoms with van der Waals surface area (Å²) in [7, 11) is 0. The minimum atomic E-state index is -0.0740. The summed E-state index contributed by atoms with van der Waals surface area (Å²) in [5.41, 5.74) is 2.24. The first-order valence-electron chi connectivity index (χ1n) is 9.59. The van der Waals surface area contributed by atoms with Gasteiger partial charge in [-0.05, 0) is 43.2 Å². The van der Waals surface area contributed by atoms with Crippen LogP contribution >= 0.6 is 23.2 Å². The predicted molar refractivity (Wildman–Crippen MR) is 114 cm³/mol. The highest BCUT2D eigenvalue weighted by Gasteiger charge is 2.20. The normalized spacial score (nSPS) is 11.1. The van der Waals surface area contributed by atoms with Crippen molar-refractivity contribution in [3.8, 4) is 0 Å². The van der Waals surface area contributed by atoms with Gasteiger partial charge in [0.2, 0.25) is 0 Å². The Balaban J connectivity index is 1.94. The van der Waals surface area contributed by atoms with E-state index in [0.29, 0.717) is 28.7 Å². The molecule has 2 heterocycles. The van der Waals surface area contributed by atoms with Crippen LogP contribution in [-0.2, 0) is 13.1 Å². The monoisotopic (exact) mass is 418 g/mol. The van der Waals surface area contributed by atoms with Crippen molar-refractivity contribution < 1.29 is 4.79 Å². The molecular weight excluding hydrogens is 395 g/mol. The number of pyridine rings is 1. The summed E-state index contributed by atoms with van der Waals surface area (Å²) in [5, 5.41) is 0.819. The molecule has 0 unspecified atom stereocenters. The molecule has 148 valence electrons. The largest absolute Gasteiger partial charge is 0.331 e. The predicted octanol–water partition coefficient (Wildman–Crippen LogP) is 5.59. The lowest BCUT2D eigenvalue weighted by molar-refractivity contribution is 0.0735. The van der Waals surface area contributed by atoms with E-state index in [9.17, 15) is 4.79 Å². The Morgan fingerprint density at radius 1 is 1.14 bits per heavy atom. The van der Waals surface area contributed by atoms with E-state index in [1.165, 1.54) is 0 Å². The van der Waals surface area contributed by atoms with E-state index in [2.05, 4.69) is 23.4 Å². The average Bonchev–Trinajstić information content (AvgIpc) is 3.04. The molecule has 0 aliphatic carbocycles. The van der Waals surface area contributed by atoms with Gasteiger partial charge in [0.25, 0.3) is 5.91 Å². The molecule has 0 bridgehead atoms. The van der Waals surface area contributed by atoms with Crippen molar-refractivity contribution in [1.82, 2.24) is 19.4 Å². The maximum atomic E-state index is 13.2. The van der Waals surface area contributed by atoms with Crippen LogP contribution in [0.3, 0.4) is 0 Å². The standard InChI is InChI=1S/C21H24Cl2N4O/c1-3-5-12-26(21(28)15-8-9-16(22)17(23)13-15)14-19-25-18-7-6-10-24-20(18)27(19)11-4-2/h6-10,13H,3-5,11-12,14H2,1-2H3. The molecule has 3 rings (SSSR count). The quantitative estimate of drug-likeness (QED) is 0.478. The molecule has 2 aromatic heterocycles. The molecule has 1 aromatic carbocycles. The number of unbranched alkanes of at least 4 members (excludes halogenated alkanes) is 1. The van der Waals surface area contributed by atoms with Crippen molar-refractivity contribution in [2.24, 2.45) is 0 Å². The highest BCUT2D eigenvalue weighted by Crippen LogP contribution is 2.24.